The zero-order valence-corrected chi connectivity index (χ0v) is 14.8. The van der Waals surface area contributed by atoms with Crippen molar-refractivity contribution in [2.45, 2.75) is 45.2 Å². The maximum Gasteiger partial charge on any atom is 0.237 e. The molecule has 0 bridgehead atoms. The lowest BCUT2D eigenvalue weighted by Crippen LogP contribution is -2.47. The van der Waals surface area contributed by atoms with E-state index in [1.807, 2.05) is 13.8 Å². The summed E-state index contributed by atoms with van der Waals surface area (Å²) in [5.74, 6) is 0.109. The minimum Gasteiger partial charge on any atom is -0.351 e. The predicted octanol–water partition coefficient (Wildman–Crippen LogP) is 2.74. The number of benzene rings is 1. The van der Waals surface area contributed by atoms with Gasteiger partial charge in [-0.15, -0.1) is 0 Å². The van der Waals surface area contributed by atoms with Gasteiger partial charge in [0.15, 0.2) is 0 Å². The van der Waals surface area contributed by atoms with Gasteiger partial charge in [-0.25, -0.2) is 4.39 Å². The topological polar surface area (TPSA) is 61.0 Å². The number of nitrogens with zero attached hydrogens (tertiary/aromatic N) is 2. The molecule has 3 rings (SSSR count). The molecule has 2 N–H and O–H groups in total. The average molecular weight is 344 g/mol. The van der Waals surface area contributed by atoms with Crippen molar-refractivity contribution in [2.24, 2.45) is 0 Å². The predicted molar refractivity (Wildman–Crippen MR) is 94.6 cm³/mol. The van der Waals surface area contributed by atoms with E-state index < -0.39 is 0 Å². The van der Waals surface area contributed by atoms with Gasteiger partial charge in [0.1, 0.15) is 5.82 Å². The second kappa shape index (κ2) is 7.78. The molecule has 1 aromatic carbocycles. The van der Waals surface area contributed by atoms with E-state index in [-0.39, 0.29) is 24.3 Å². The number of amides is 1. The van der Waals surface area contributed by atoms with Crippen LogP contribution < -0.4 is 5.32 Å². The van der Waals surface area contributed by atoms with Gasteiger partial charge in [0.05, 0.1) is 11.7 Å². The summed E-state index contributed by atoms with van der Waals surface area (Å²) in [7, 11) is 0. The first-order valence-electron chi connectivity index (χ1n) is 8.81. The number of aromatic amines is 1. The number of aryl methyl sites for hydroxylation is 1. The smallest absolute Gasteiger partial charge is 0.237 e. The number of carbonyl (C=O) groups is 1. The van der Waals surface area contributed by atoms with E-state index in [9.17, 15) is 9.18 Å². The van der Waals surface area contributed by atoms with Crippen LogP contribution >= 0.6 is 0 Å². The lowest BCUT2D eigenvalue weighted by atomic mass is 9.92. The van der Waals surface area contributed by atoms with Crippen LogP contribution in [0.3, 0.4) is 0 Å². The maximum absolute atomic E-state index is 13.6. The molecule has 1 saturated heterocycles. The van der Waals surface area contributed by atoms with Gasteiger partial charge >= 0.3 is 0 Å². The third-order valence-corrected chi connectivity index (χ3v) is 5.01. The standard InChI is InChI=1S/C19H25FN4O/c1-13-11-18(23-22-13)15-7-9-24(10-8-15)14(2)19(25)21-12-16-5-3-4-6-17(16)20/h3-6,11,14-15H,7-10,12H2,1-2H3,(H,21,25)(H,22,23)/t14-/m1/s1. The van der Waals surface area contributed by atoms with E-state index in [4.69, 9.17) is 0 Å². The van der Waals surface area contributed by atoms with Crippen LogP contribution in [0.15, 0.2) is 30.3 Å². The molecule has 1 atom stereocenters. The number of carbonyl (C=O) groups excluding carboxylic acids is 1. The first kappa shape index (κ1) is 17.6. The van der Waals surface area contributed by atoms with E-state index in [0.29, 0.717) is 11.5 Å². The highest BCUT2D eigenvalue weighted by Crippen LogP contribution is 2.27. The Morgan fingerprint density at radius 2 is 2.12 bits per heavy atom. The van der Waals surface area contributed by atoms with Gasteiger partial charge in [-0.1, -0.05) is 18.2 Å². The van der Waals surface area contributed by atoms with E-state index in [1.54, 1.807) is 18.2 Å². The Hall–Kier alpha value is -2.21. The summed E-state index contributed by atoms with van der Waals surface area (Å²) in [6, 6.07) is 8.41. The molecule has 2 heterocycles. The molecule has 1 aromatic heterocycles. The number of hydrogen-bond acceptors (Lipinski definition) is 3. The number of hydrogen-bond donors (Lipinski definition) is 2. The van der Waals surface area contributed by atoms with Crippen molar-refractivity contribution in [3.8, 4) is 0 Å². The van der Waals surface area contributed by atoms with Crippen LogP contribution in [0.2, 0.25) is 0 Å². The molecule has 25 heavy (non-hydrogen) atoms. The highest BCUT2D eigenvalue weighted by molar-refractivity contribution is 5.81. The third-order valence-electron chi connectivity index (χ3n) is 5.01. The molecule has 6 heteroatoms. The minimum atomic E-state index is -0.287. The summed E-state index contributed by atoms with van der Waals surface area (Å²) in [6.07, 6.45) is 1.99. The summed E-state index contributed by atoms with van der Waals surface area (Å²) in [5.41, 5.74) is 2.71. The lowest BCUT2D eigenvalue weighted by molar-refractivity contribution is -0.126. The number of H-pyrrole nitrogens is 1. The van der Waals surface area contributed by atoms with Gasteiger partial charge in [0.25, 0.3) is 0 Å². The van der Waals surface area contributed by atoms with Crippen molar-refractivity contribution < 1.29 is 9.18 Å². The molecule has 0 unspecified atom stereocenters. The van der Waals surface area contributed by atoms with Gasteiger partial charge in [-0.05, 0) is 51.9 Å². The third kappa shape index (κ3) is 4.25. The van der Waals surface area contributed by atoms with Crippen LogP contribution in [0.5, 0.6) is 0 Å². The second-order valence-electron chi connectivity index (χ2n) is 6.77. The Labute approximate surface area is 147 Å². The fourth-order valence-electron chi connectivity index (χ4n) is 3.37. The summed E-state index contributed by atoms with van der Waals surface area (Å²) >= 11 is 0. The van der Waals surface area contributed by atoms with Gasteiger partial charge in [0.2, 0.25) is 5.91 Å². The summed E-state index contributed by atoms with van der Waals surface area (Å²) in [4.78, 5) is 14.6. The molecule has 0 spiro atoms. The summed E-state index contributed by atoms with van der Waals surface area (Å²) in [6.45, 7) is 5.87. The van der Waals surface area contributed by atoms with Gasteiger partial charge < -0.3 is 5.32 Å². The zero-order valence-electron chi connectivity index (χ0n) is 14.8. The highest BCUT2D eigenvalue weighted by atomic mass is 19.1. The summed E-state index contributed by atoms with van der Waals surface area (Å²) < 4.78 is 13.6. The van der Waals surface area contributed by atoms with Crippen molar-refractivity contribution in [3.63, 3.8) is 0 Å². The molecular formula is C19H25FN4O. The molecule has 1 fully saturated rings. The van der Waals surface area contributed by atoms with Crippen LogP contribution in [0.4, 0.5) is 4.39 Å². The second-order valence-corrected chi connectivity index (χ2v) is 6.77. The summed E-state index contributed by atoms with van der Waals surface area (Å²) in [5, 5.41) is 10.2. The van der Waals surface area contributed by atoms with Crippen LogP contribution in [0.1, 0.15) is 42.6 Å². The quantitative estimate of drug-likeness (QED) is 0.877. The molecule has 0 saturated carbocycles. The Bertz CT molecular complexity index is 722. The van der Waals surface area contributed by atoms with Crippen molar-refractivity contribution in [1.82, 2.24) is 20.4 Å². The Morgan fingerprint density at radius 3 is 2.76 bits per heavy atom. The molecule has 5 nitrogen and oxygen atoms in total. The first-order chi connectivity index (χ1) is 12.0. The number of rotatable bonds is 5. The molecular weight excluding hydrogens is 319 g/mol. The normalized spacial score (nSPS) is 17.4. The first-order valence-corrected chi connectivity index (χ1v) is 8.81. The zero-order chi connectivity index (χ0) is 17.8. The van der Waals surface area contributed by atoms with Gasteiger partial charge in [-0.3, -0.25) is 14.8 Å². The molecule has 1 amide bonds. The van der Waals surface area contributed by atoms with Crippen LogP contribution in [-0.4, -0.2) is 40.1 Å². The number of piperidine rings is 1. The van der Waals surface area contributed by atoms with E-state index in [0.717, 1.165) is 37.3 Å². The van der Waals surface area contributed by atoms with Crippen LogP contribution in [0.25, 0.3) is 0 Å². The van der Waals surface area contributed by atoms with Gasteiger partial charge in [-0.2, -0.15) is 5.10 Å². The van der Waals surface area contributed by atoms with Crippen LogP contribution in [-0.2, 0) is 11.3 Å². The number of aromatic nitrogens is 2. The molecule has 134 valence electrons. The van der Waals surface area contributed by atoms with Crippen molar-refractivity contribution in [2.75, 3.05) is 13.1 Å². The molecule has 0 radical (unpaired) electrons. The van der Waals surface area contributed by atoms with Crippen molar-refractivity contribution in [3.05, 3.63) is 53.1 Å². The minimum absolute atomic E-state index is 0.0580. The molecule has 2 aromatic rings. The number of nitrogens with one attached hydrogen (secondary N) is 2. The van der Waals surface area contributed by atoms with Gasteiger partial charge in [0, 0.05) is 23.7 Å². The Balaban J connectivity index is 1.49. The van der Waals surface area contributed by atoms with Crippen LogP contribution in [0, 0.1) is 12.7 Å². The van der Waals surface area contributed by atoms with Crippen molar-refractivity contribution in [1.29, 1.82) is 0 Å². The van der Waals surface area contributed by atoms with E-state index >= 15 is 0 Å². The highest BCUT2D eigenvalue weighted by Gasteiger charge is 2.28. The largest absolute Gasteiger partial charge is 0.351 e. The Morgan fingerprint density at radius 1 is 1.40 bits per heavy atom. The fraction of sp³-hybridized carbons (Fsp3) is 0.474. The van der Waals surface area contributed by atoms with Crippen molar-refractivity contribution >= 4 is 5.91 Å². The monoisotopic (exact) mass is 344 g/mol. The molecule has 1 aliphatic rings. The average Bonchev–Trinajstić information content (AvgIpc) is 3.07. The number of halogens is 1. The maximum atomic E-state index is 13.6. The SMILES string of the molecule is Cc1cc(C2CCN([C@H](C)C(=O)NCc3ccccc3F)CC2)n[nH]1. The van der Waals surface area contributed by atoms with E-state index in [2.05, 4.69) is 26.5 Å². The molecule has 1 aliphatic heterocycles. The Kier molecular flexibility index (Phi) is 5.48. The number of likely N-dealkylation sites (tertiary alicyclic amines) is 1. The van der Waals surface area contributed by atoms with E-state index in [1.165, 1.54) is 6.07 Å². The fourth-order valence-corrected chi connectivity index (χ4v) is 3.37. The lowest BCUT2D eigenvalue weighted by Gasteiger charge is -2.34. The molecule has 0 aliphatic carbocycles.